The number of fused-ring (bicyclic) bond motifs is 1. The van der Waals surface area contributed by atoms with Crippen LogP contribution in [0.5, 0.6) is 0 Å². The predicted octanol–water partition coefficient (Wildman–Crippen LogP) is 2.52. The molecule has 130 valence electrons. The Kier molecular flexibility index (Phi) is 6.42. The average molecular weight is 321 g/mol. The molecule has 0 aliphatic heterocycles. The summed E-state index contributed by atoms with van der Waals surface area (Å²) in [6.07, 6.45) is 11.0. The number of allylic oxidation sites excluding steroid dienone is 2. The van der Waals surface area contributed by atoms with Gasteiger partial charge in [-0.1, -0.05) is 23.8 Å². The van der Waals surface area contributed by atoms with Crippen molar-refractivity contribution in [2.45, 2.75) is 57.7 Å². The molecule has 0 saturated heterocycles. The average Bonchev–Trinajstić information content (AvgIpc) is 2.97. The highest BCUT2D eigenvalue weighted by Gasteiger charge is 2.43. The maximum atomic E-state index is 11.6. The normalized spacial score (nSPS) is 31.3. The lowest BCUT2D eigenvalue weighted by Crippen LogP contribution is -2.21. The number of amides is 1. The second-order valence-corrected chi connectivity index (χ2v) is 7.36. The van der Waals surface area contributed by atoms with Crippen molar-refractivity contribution in [1.82, 2.24) is 4.90 Å². The monoisotopic (exact) mass is 321 g/mol. The first-order valence-electron chi connectivity index (χ1n) is 8.82. The number of hydrogen-bond donors (Lipinski definition) is 2. The highest BCUT2D eigenvalue weighted by Crippen LogP contribution is 2.48. The molecule has 2 N–H and O–H groups in total. The summed E-state index contributed by atoms with van der Waals surface area (Å²) >= 11 is 0. The lowest BCUT2D eigenvalue weighted by atomic mass is 9.88. The quantitative estimate of drug-likeness (QED) is 0.559. The van der Waals surface area contributed by atoms with Gasteiger partial charge in [-0.15, -0.1) is 0 Å². The Morgan fingerprint density at radius 3 is 2.83 bits per heavy atom. The fourth-order valence-electron chi connectivity index (χ4n) is 3.93. The molecule has 0 aromatic heterocycles. The first-order valence-corrected chi connectivity index (χ1v) is 8.82. The van der Waals surface area contributed by atoms with Crippen LogP contribution in [0.3, 0.4) is 0 Å². The van der Waals surface area contributed by atoms with Crippen LogP contribution >= 0.6 is 0 Å². The van der Waals surface area contributed by atoms with Gasteiger partial charge in [-0.05, 0) is 50.9 Å². The van der Waals surface area contributed by atoms with Gasteiger partial charge in [0.1, 0.15) is 0 Å². The molecule has 2 aliphatic rings. The highest BCUT2D eigenvalue weighted by atomic mass is 16.3. The molecule has 2 rings (SSSR count). The molecule has 2 aliphatic carbocycles. The Morgan fingerprint density at radius 2 is 2.17 bits per heavy atom. The summed E-state index contributed by atoms with van der Waals surface area (Å²) in [5.41, 5.74) is 1.49. The third kappa shape index (κ3) is 4.92. The first kappa shape index (κ1) is 18.2. The zero-order valence-electron chi connectivity index (χ0n) is 14.6. The topological polar surface area (TPSA) is 60.8 Å². The van der Waals surface area contributed by atoms with Gasteiger partial charge in [0.25, 0.3) is 0 Å². The summed E-state index contributed by atoms with van der Waals surface area (Å²) in [6, 6.07) is 0. The second kappa shape index (κ2) is 8.11. The SMILES string of the molecule is C[C@H](O)C=C[C@@H]1[C@H]2CC(CCCCC(=O)N(C)C)=C[C@H]2C[C@H]1O. The van der Waals surface area contributed by atoms with Crippen LogP contribution in [0.4, 0.5) is 0 Å². The zero-order valence-corrected chi connectivity index (χ0v) is 14.6. The van der Waals surface area contributed by atoms with Crippen LogP contribution in [0.25, 0.3) is 0 Å². The Morgan fingerprint density at radius 1 is 1.43 bits per heavy atom. The van der Waals surface area contributed by atoms with Crippen molar-refractivity contribution < 1.29 is 15.0 Å². The van der Waals surface area contributed by atoms with Crippen LogP contribution in [0, 0.1) is 17.8 Å². The Balaban J connectivity index is 1.78. The molecule has 0 spiro atoms. The zero-order chi connectivity index (χ0) is 17.0. The molecule has 1 fully saturated rings. The molecule has 4 heteroatoms. The number of carbonyl (C=O) groups is 1. The Labute approximate surface area is 139 Å². The molecule has 0 aromatic rings. The molecule has 23 heavy (non-hydrogen) atoms. The summed E-state index contributed by atoms with van der Waals surface area (Å²) in [5, 5.41) is 19.6. The summed E-state index contributed by atoms with van der Waals surface area (Å²) in [6.45, 7) is 1.74. The highest BCUT2D eigenvalue weighted by molar-refractivity contribution is 5.75. The number of hydrogen-bond acceptors (Lipinski definition) is 3. The van der Waals surface area contributed by atoms with Gasteiger partial charge in [0.15, 0.2) is 0 Å². The Bertz CT molecular complexity index is 467. The number of aliphatic hydroxyl groups excluding tert-OH is 2. The van der Waals surface area contributed by atoms with Gasteiger partial charge in [-0.3, -0.25) is 4.79 Å². The van der Waals surface area contributed by atoms with E-state index in [1.54, 1.807) is 32.0 Å². The van der Waals surface area contributed by atoms with E-state index >= 15 is 0 Å². The van der Waals surface area contributed by atoms with Gasteiger partial charge >= 0.3 is 0 Å². The van der Waals surface area contributed by atoms with E-state index in [2.05, 4.69) is 6.08 Å². The molecular weight excluding hydrogens is 290 g/mol. The van der Waals surface area contributed by atoms with Crippen LogP contribution in [-0.2, 0) is 4.79 Å². The van der Waals surface area contributed by atoms with Crippen LogP contribution in [0.1, 0.15) is 45.4 Å². The first-order chi connectivity index (χ1) is 10.9. The van der Waals surface area contributed by atoms with E-state index in [4.69, 9.17) is 0 Å². The van der Waals surface area contributed by atoms with Crippen LogP contribution in [-0.4, -0.2) is 47.3 Å². The molecular formula is C19H31NO3. The number of unbranched alkanes of at least 4 members (excludes halogenated alkanes) is 1. The van der Waals surface area contributed by atoms with Crippen molar-refractivity contribution >= 4 is 5.91 Å². The molecule has 0 aromatic carbocycles. The molecule has 5 atom stereocenters. The standard InChI is InChI=1S/C19H31NO3/c1-13(21)8-9-16-17-11-14(10-15(17)12-18(16)22)6-4-5-7-19(23)20(2)3/h8-10,13,15-18,21-22H,4-7,11-12H2,1-3H3/t13-,15-,16+,17-,18+/m0/s1. The van der Waals surface area contributed by atoms with Crippen LogP contribution in [0.2, 0.25) is 0 Å². The van der Waals surface area contributed by atoms with Crippen molar-refractivity contribution in [2.24, 2.45) is 17.8 Å². The van der Waals surface area contributed by atoms with E-state index in [9.17, 15) is 15.0 Å². The summed E-state index contributed by atoms with van der Waals surface area (Å²) < 4.78 is 0. The van der Waals surface area contributed by atoms with Gasteiger partial charge in [0.2, 0.25) is 5.91 Å². The van der Waals surface area contributed by atoms with Crippen molar-refractivity contribution in [3.63, 3.8) is 0 Å². The van der Waals surface area contributed by atoms with Gasteiger partial charge in [-0.2, -0.15) is 0 Å². The molecule has 0 heterocycles. The fourth-order valence-corrected chi connectivity index (χ4v) is 3.93. The largest absolute Gasteiger partial charge is 0.392 e. The fraction of sp³-hybridized carbons (Fsp3) is 0.737. The second-order valence-electron chi connectivity index (χ2n) is 7.36. The minimum atomic E-state index is -0.454. The van der Waals surface area contributed by atoms with Crippen LogP contribution < -0.4 is 0 Å². The lowest BCUT2D eigenvalue weighted by Gasteiger charge is -2.18. The maximum Gasteiger partial charge on any atom is 0.222 e. The van der Waals surface area contributed by atoms with Crippen molar-refractivity contribution in [2.75, 3.05) is 14.1 Å². The maximum absolute atomic E-state index is 11.6. The van der Waals surface area contributed by atoms with Gasteiger partial charge in [0, 0.05) is 26.4 Å². The smallest absolute Gasteiger partial charge is 0.222 e. The van der Waals surface area contributed by atoms with E-state index < -0.39 is 6.10 Å². The molecule has 1 saturated carbocycles. The molecule has 0 bridgehead atoms. The minimum absolute atomic E-state index is 0.165. The lowest BCUT2D eigenvalue weighted by molar-refractivity contribution is -0.128. The van der Waals surface area contributed by atoms with E-state index in [0.29, 0.717) is 18.3 Å². The number of aliphatic hydroxyl groups is 2. The summed E-state index contributed by atoms with van der Waals surface area (Å²) in [4.78, 5) is 13.2. The van der Waals surface area contributed by atoms with Gasteiger partial charge < -0.3 is 15.1 Å². The van der Waals surface area contributed by atoms with Crippen LogP contribution in [0.15, 0.2) is 23.8 Å². The molecule has 0 unspecified atom stereocenters. The van der Waals surface area contributed by atoms with Gasteiger partial charge in [-0.25, -0.2) is 0 Å². The van der Waals surface area contributed by atoms with E-state index in [-0.39, 0.29) is 17.9 Å². The number of carbonyl (C=O) groups excluding carboxylic acids is 1. The van der Waals surface area contributed by atoms with Gasteiger partial charge in [0.05, 0.1) is 12.2 Å². The van der Waals surface area contributed by atoms with Crippen molar-refractivity contribution in [3.8, 4) is 0 Å². The third-order valence-electron chi connectivity index (χ3n) is 5.20. The number of rotatable bonds is 7. The molecule has 1 amide bonds. The minimum Gasteiger partial charge on any atom is -0.392 e. The van der Waals surface area contributed by atoms with E-state index in [0.717, 1.165) is 32.1 Å². The Hall–Kier alpha value is -1.13. The van der Waals surface area contributed by atoms with E-state index in [1.807, 2.05) is 6.08 Å². The summed E-state index contributed by atoms with van der Waals surface area (Å²) in [7, 11) is 3.60. The third-order valence-corrected chi connectivity index (χ3v) is 5.20. The number of nitrogens with zero attached hydrogens (tertiary/aromatic N) is 1. The summed E-state index contributed by atoms with van der Waals surface area (Å²) in [5.74, 6) is 1.33. The van der Waals surface area contributed by atoms with Crippen molar-refractivity contribution in [3.05, 3.63) is 23.8 Å². The molecule has 4 nitrogen and oxygen atoms in total. The van der Waals surface area contributed by atoms with Crippen molar-refractivity contribution in [1.29, 1.82) is 0 Å². The molecule has 0 radical (unpaired) electrons. The predicted molar refractivity (Wildman–Crippen MR) is 91.8 cm³/mol. The van der Waals surface area contributed by atoms with E-state index in [1.165, 1.54) is 5.57 Å².